The summed E-state index contributed by atoms with van der Waals surface area (Å²) in [6, 6.07) is 0. The number of nitrogens with zero attached hydrogens (tertiary/aromatic N) is 2. The van der Waals surface area contributed by atoms with Crippen LogP contribution >= 0.6 is 12.2 Å². The minimum atomic E-state index is -1.75. The Morgan fingerprint density at radius 2 is 1.44 bits per heavy atom. The summed E-state index contributed by atoms with van der Waals surface area (Å²) in [4.78, 5) is 8.25. The molecule has 0 aliphatic rings. The Morgan fingerprint density at radius 3 is 1.44 bits per heavy atom. The van der Waals surface area contributed by atoms with Crippen molar-refractivity contribution in [3.63, 3.8) is 0 Å². The zero-order chi connectivity index (χ0) is 6.28. The summed E-state index contributed by atoms with van der Waals surface area (Å²) in [6.07, 6.45) is 0. The molecule has 0 aromatic carbocycles. The third-order valence-electron chi connectivity index (χ3n) is 0. The van der Waals surface area contributed by atoms with Crippen molar-refractivity contribution in [3.05, 3.63) is 20.7 Å². The maximum Gasteiger partial charge on any atom is 1.00 e. The van der Waals surface area contributed by atoms with Crippen molar-refractivity contribution in [2.75, 3.05) is 0 Å². The van der Waals surface area contributed by atoms with Gasteiger partial charge in [0.25, 0.3) is 0 Å². The van der Waals surface area contributed by atoms with Crippen LogP contribution in [0.1, 0.15) is 0 Å². The van der Waals surface area contributed by atoms with E-state index in [1.54, 1.807) is 0 Å². The molecule has 0 fully saturated rings. The first-order valence-corrected chi connectivity index (χ1v) is 1.38. The molecule has 5 nitrogen and oxygen atoms in total. The molecule has 0 bridgehead atoms. The summed E-state index contributed by atoms with van der Waals surface area (Å²) in [7, 11) is 0. The number of isothiocyanates is 1. The molecule has 0 aromatic heterocycles. The van der Waals surface area contributed by atoms with E-state index in [9.17, 15) is 0 Å². The monoisotopic (exact) mass is 198 g/mol. The largest absolute Gasteiger partial charge is 1.00 e. The molecule has 0 aliphatic heterocycles. The zero-order valence-electron chi connectivity index (χ0n) is 5.03. The maximum absolute atomic E-state index is 8.25. The molecule has 40 valence electrons. The minimum absolute atomic E-state index is 0. The van der Waals surface area contributed by atoms with Crippen molar-refractivity contribution in [2.45, 2.75) is 0 Å². The van der Waals surface area contributed by atoms with Crippen molar-refractivity contribution in [1.29, 1.82) is 0 Å². The van der Waals surface area contributed by atoms with Gasteiger partial charge in [0.15, 0.2) is 0 Å². The Hall–Kier alpha value is 2.27. The second-order valence-corrected chi connectivity index (χ2v) is 0.497. The Bertz CT molecular complexity index is 87.8. The quantitative estimate of drug-likeness (QED) is 0.128. The SMILES string of the molecule is O=[N+]([O-])[O-].[K+].[K+].[N-]=C=S. The van der Waals surface area contributed by atoms with Gasteiger partial charge in [0.1, 0.15) is 0 Å². The first-order valence-electron chi connectivity index (χ1n) is 0.975. The number of hydrogen-bond donors (Lipinski definition) is 0. The molecule has 0 spiro atoms. The van der Waals surface area contributed by atoms with Crippen LogP contribution in [-0.2, 0) is 0 Å². The maximum atomic E-state index is 8.25. The van der Waals surface area contributed by atoms with Crippen LogP contribution in [0.25, 0.3) is 5.41 Å². The molecule has 0 amide bonds. The molecule has 0 radical (unpaired) electrons. The van der Waals surface area contributed by atoms with E-state index in [1.165, 1.54) is 5.16 Å². The molecule has 0 heterocycles. The molecular weight excluding hydrogens is 198 g/mol. The Balaban J connectivity index is -0.0000000233. The van der Waals surface area contributed by atoms with Crippen LogP contribution < -0.4 is 103 Å². The van der Waals surface area contributed by atoms with Gasteiger partial charge in [0.05, 0.1) is 5.09 Å². The fraction of sp³-hybridized carbons (Fsp3) is 0. The van der Waals surface area contributed by atoms with Crippen molar-refractivity contribution < 1.29 is 108 Å². The summed E-state index contributed by atoms with van der Waals surface area (Å²) < 4.78 is 0. The Kier molecular flexibility index (Phi) is 56.1. The molecule has 0 saturated heterocycles. The second kappa shape index (κ2) is 22.4. The van der Waals surface area contributed by atoms with E-state index in [0.717, 1.165) is 0 Å². The van der Waals surface area contributed by atoms with Gasteiger partial charge in [0.2, 0.25) is 0 Å². The van der Waals surface area contributed by atoms with E-state index in [0.29, 0.717) is 0 Å². The van der Waals surface area contributed by atoms with Crippen LogP contribution in [0.2, 0.25) is 0 Å². The summed E-state index contributed by atoms with van der Waals surface area (Å²) in [6.45, 7) is 0. The van der Waals surface area contributed by atoms with Gasteiger partial charge in [-0.2, -0.15) is 5.16 Å². The molecule has 9 heavy (non-hydrogen) atoms. The van der Waals surface area contributed by atoms with E-state index in [2.05, 4.69) is 12.2 Å². The summed E-state index contributed by atoms with van der Waals surface area (Å²) in [5.41, 5.74) is 0. The van der Waals surface area contributed by atoms with Crippen LogP contribution in [0.15, 0.2) is 0 Å². The summed E-state index contributed by atoms with van der Waals surface area (Å²) >= 11 is 3.70. The Morgan fingerprint density at radius 1 is 1.44 bits per heavy atom. The third kappa shape index (κ3) is 136. The van der Waals surface area contributed by atoms with Crippen LogP contribution in [0.3, 0.4) is 0 Å². The van der Waals surface area contributed by atoms with Gasteiger partial charge < -0.3 is 20.7 Å². The molecular formula is CK2N2O3S. The zero-order valence-corrected chi connectivity index (χ0v) is 12.1. The molecule has 8 heteroatoms. The van der Waals surface area contributed by atoms with Gasteiger partial charge in [-0.05, 0) is 0 Å². The van der Waals surface area contributed by atoms with Gasteiger partial charge in [-0.3, -0.25) is 0 Å². The number of hydrogen-bond acceptors (Lipinski definition) is 4. The normalized spacial score (nSPS) is 3.56. The fourth-order valence-electron chi connectivity index (χ4n) is 0. The van der Waals surface area contributed by atoms with Crippen LogP contribution in [0.4, 0.5) is 0 Å². The summed E-state index contributed by atoms with van der Waals surface area (Å²) in [5.74, 6) is 0. The molecule has 0 saturated carbocycles. The van der Waals surface area contributed by atoms with Gasteiger partial charge in [-0.1, -0.05) is 12.2 Å². The first kappa shape index (κ1) is 22.5. The van der Waals surface area contributed by atoms with E-state index < -0.39 is 5.09 Å². The molecule has 0 N–H and O–H groups in total. The first-order chi connectivity index (χ1) is 3.15. The molecule has 0 rings (SSSR count). The molecule has 0 unspecified atom stereocenters. The van der Waals surface area contributed by atoms with Crippen LogP contribution in [-0.4, -0.2) is 10.2 Å². The van der Waals surface area contributed by atoms with Crippen molar-refractivity contribution in [3.8, 4) is 0 Å². The molecule has 0 aromatic rings. The third-order valence-corrected chi connectivity index (χ3v) is 0. The topological polar surface area (TPSA) is 88.5 Å². The predicted octanol–water partition coefficient (Wildman–Crippen LogP) is -5.57. The van der Waals surface area contributed by atoms with Gasteiger partial charge in [0, 0.05) is 0 Å². The average molecular weight is 198 g/mol. The smallest absolute Gasteiger partial charge is 0.753 e. The molecule has 0 atom stereocenters. The van der Waals surface area contributed by atoms with E-state index in [1.807, 2.05) is 0 Å². The Labute approximate surface area is 142 Å². The van der Waals surface area contributed by atoms with Gasteiger partial charge in [-0.25, -0.2) is 0 Å². The average Bonchev–Trinajstić information content (AvgIpc) is 1.33. The predicted molar refractivity (Wildman–Crippen MR) is 26.3 cm³/mol. The van der Waals surface area contributed by atoms with E-state index in [4.69, 9.17) is 20.7 Å². The van der Waals surface area contributed by atoms with Gasteiger partial charge >= 0.3 is 103 Å². The van der Waals surface area contributed by atoms with Crippen LogP contribution in [0.5, 0.6) is 0 Å². The fourth-order valence-corrected chi connectivity index (χ4v) is 0. The van der Waals surface area contributed by atoms with E-state index in [-0.39, 0.29) is 103 Å². The van der Waals surface area contributed by atoms with Crippen molar-refractivity contribution in [2.24, 2.45) is 0 Å². The minimum Gasteiger partial charge on any atom is -0.753 e. The van der Waals surface area contributed by atoms with Crippen molar-refractivity contribution >= 4 is 17.4 Å². The standard InChI is InChI=1S/CNS.2K.NO3/c2-1-3;;;2-1(3)4/q-1;2*+1;-1. The van der Waals surface area contributed by atoms with Crippen molar-refractivity contribution in [1.82, 2.24) is 0 Å². The van der Waals surface area contributed by atoms with Crippen LogP contribution in [0, 0.1) is 15.3 Å². The van der Waals surface area contributed by atoms with E-state index >= 15 is 0 Å². The molecule has 0 aliphatic carbocycles. The summed E-state index contributed by atoms with van der Waals surface area (Å²) in [5, 5.41) is 23.2. The number of thiocarbonyl (C=S) groups is 1. The number of rotatable bonds is 0. The second-order valence-electron chi connectivity index (χ2n) is 0.315. The van der Waals surface area contributed by atoms with Gasteiger partial charge in [-0.15, -0.1) is 0 Å².